The van der Waals surface area contributed by atoms with Gasteiger partial charge in [-0.15, -0.1) is 0 Å². The lowest BCUT2D eigenvalue weighted by molar-refractivity contribution is -0.122. The Kier molecular flexibility index (Phi) is 6.95. The maximum absolute atomic E-state index is 12.5. The van der Waals surface area contributed by atoms with Gasteiger partial charge in [0.25, 0.3) is 0 Å². The van der Waals surface area contributed by atoms with Crippen LogP contribution in [0.3, 0.4) is 0 Å². The normalized spacial score (nSPS) is 16.2. The van der Waals surface area contributed by atoms with Gasteiger partial charge in [-0.3, -0.25) is 14.7 Å². The molecule has 1 amide bonds. The molecular formula is C23H25N3O3S. The Morgan fingerprint density at radius 3 is 3.03 bits per heavy atom. The minimum Gasteiger partial charge on any atom is -0.492 e. The molecule has 0 unspecified atom stereocenters. The summed E-state index contributed by atoms with van der Waals surface area (Å²) < 4.78 is 11.9. The molecule has 2 aromatic heterocycles. The zero-order valence-corrected chi connectivity index (χ0v) is 17.5. The lowest BCUT2D eigenvalue weighted by Gasteiger charge is -2.23. The largest absolute Gasteiger partial charge is 0.492 e. The minimum absolute atomic E-state index is 0.0137. The molecule has 1 aliphatic heterocycles. The molecule has 3 heterocycles. The third-order valence-electron chi connectivity index (χ3n) is 4.89. The maximum Gasteiger partial charge on any atom is 0.234 e. The number of hydrogen-bond acceptors (Lipinski definition) is 6. The topological polar surface area (TPSA) is 63.7 Å². The van der Waals surface area contributed by atoms with E-state index in [-0.39, 0.29) is 12.0 Å². The number of hydrogen-bond donors (Lipinski definition) is 1. The lowest BCUT2D eigenvalue weighted by atomic mass is 10.2. The van der Waals surface area contributed by atoms with Crippen LogP contribution < -0.4 is 14.8 Å². The minimum atomic E-state index is -0.0828. The van der Waals surface area contributed by atoms with E-state index in [9.17, 15) is 4.79 Å². The smallest absolute Gasteiger partial charge is 0.234 e. The maximum atomic E-state index is 12.5. The first-order chi connectivity index (χ1) is 14.8. The van der Waals surface area contributed by atoms with Crippen LogP contribution in [0.2, 0.25) is 0 Å². The molecule has 0 fully saturated rings. The zero-order valence-electron chi connectivity index (χ0n) is 16.7. The van der Waals surface area contributed by atoms with Crippen molar-refractivity contribution in [3.05, 3.63) is 76.7 Å². The van der Waals surface area contributed by atoms with Crippen molar-refractivity contribution in [3.8, 4) is 11.5 Å². The van der Waals surface area contributed by atoms with E-state index in [1.807, 2.05) is 30.3 Å². The number of carbonyl (C=O) groups is 1. The van der Waals surface area contributed by atoms with E-state index in [0.717, 1.165) is 29.0 Å². The summed E-state index contributed by atoms with van der Waals surface area (Å²) in [6, 6.07) is 13.8. The van der Waals surface area contributed by atoms with Crippen molar-refractivity contribution in [1.82, 2.24) is 15.2 Å². The quantitative estimate of drug-likeness (QED) is 0.560. The van der Waals surface area contributed by atoms with Crippen molar-refractivity contribution in [3.63, 3.8) is 0 Å². The van der Waals surface area contributed by atoms with E-state index in [1.54, 1.807) is 23.7 Å². The third kappa shape index (κ3) is 5.58. The molecular weight excluding hydrogens is 398 g/mol. The van der Waals surface area contributed by atoms with E-state index in [0.29, 0.717) is 32.8 Å². The van der Waals surface area contributed by atoms with E-state index < -0.39 is 0 Å². The average molecular weight is 424 g/mol. The molecule has 0 radical (unpaired) electrons. The first kappa shape index (κ1) is 20.4. The summed E-state index contributed by atoms with van der Waals surface area (Å²) >= 11 is 1.66. The Morgan fingerprint density at radius 1 is 1.27 bits per heavy atom. The number of fused-ring (bicyclic) bond motifs is 1. The predicted octanol–water partition coefficient (Wildman–Crippen LogP) is 3.66. The van der Waals surface area contributed by atoms with E-state index in [1.165, 1.54) is 0 Å². The van der Waals surface area contributed by atoms with Gasteiger partial charge in [0.2, 0.25) is 5.91 Å². The molecule has 0 aliphatic carbocycles. The van der Waals surface area contributed by atoms with Crippen LogP contribution in [0.25, 0.3) is 0 Å². The number of nitrogens with zero attached hydrogens (tertiary/aromatic N) is 2. The summed E-state index contributed by atoms with van der Waals surface area (Å²) in [6.45, 7) is 2.81. The van der Waals surface area contributed by atoms with Crippen LogP contribution >= 0.6 is 11.3 Å². The molecule has 1 aliphatic rings. The van der Waals surface area contributed by atoms with Crippen molar-refractivity contribution >= 4 is 17.2 Å². The fourth-order valence-electron chi connectivity index (χ4n) is 3.41. The van der Waals surface area contributed by atoms with E-state index in [4.69, 9.17) is 9.47 Å². The summed E-state index contributed by atoms with van der Waals surface area (Å²) in [5, 5.41) is 7.16. The number of thiophene rings is 1. The second-order valence-corrected chi connectivity index (χ2v) is 7.96. The van der Waals surface area contributed by atoms with Crippen LogP contribution in [0, 0.1) is 0 Å². The van der Waals surface area contributed by atoms with Gasteiger partial charge in [-0.1, -0.05) is 18.2 Å². The van der Waals surface area contributed by atoms with Crippen LogP contribution in [-0.4, -0.2) is 42.0 Å². The van der Waals surface area contributed by atoms with Gasteiger partial charge in [-0.2, -0.15) is 11.3 Å². The van der Waals surface area contributed by atoms with Gasteiger partial charge in [-0.05, 0) is 41.4 Å². The highest BCUT2D eigenvalue weighted by Crippen LogP contribution is 2.31. The van der Waals surface area contributed by atoms with Crippen molar-refractivity contribution in [2.24, 2.45) is 0 Å². The van der Waals surface area contributed by atoms with Gasteiger partial charge >= 0.3 is 0 Å². The fourth-order valence-corrected chi connectivity index (χ4v) is 4.12. The number of rotatable bonds is 8. The molecule has 7 heteroatoms. The number of ether oxygens (including phenoxy) is 2. The predicted molar refractivity (Wildman–Crippen MR) is 117 cm³/mol. The molecule has 0 bridgehead atoms. The van der Waals surface area contributed by atoms with Gasteiger partial charge in [-0.25, -0.2) is 0 Å². The highest BCUT2D eigenvalue weighted by Gasteiger charge is 2.25. The third-order valence-corrected chi connectivity index (χ3v) is 5.59. The highest BCUT2D eigenvalue weighted by atomic mass is 32.1. The number of aromatic nitrogens is 1. The first-order valence-electron chi connectivity index (χ1n) is 10.1. The van der Waals surface area contributed by atoms with Crippen molar-refractivity contribution in [2.75, 3.05) is 26.2 Å². The first-order valence-corrected chi connectivity index (χ1v) is 11.0. The van der Waals surface area contributed by atoms with Crippen LogP contribution in [0.5, 0.6) is 11.5 Å². The zero-order chi connectivity index (χ0) is 20.6. The summed E-state index contributed by atoms with van der Waals surface area (Å²) in [6.07, 6.45) is 4.05. The number of amides is 1. The molecule has 3 aromatic rings. The molecule has 6 nitrogen and oxygen atoms in total. The highest BCUT2D eigenvalue weighted by molar-refractivity contribution is 7.07. The molecule has 0 saturated carbocycles. The van der Waals surface area contributed by atoms with Crippen LogP contribution in [0.4, 0.5) is 0 Å². The molecule has 1 aromatic carbocycles. The fraction of sp³-hybridized carbons (Fsp3) is 0.304. The van der Waals surface area contributed by atoms with Crippen LogP contribution in [0.15, 0.2) is 65.6 Å². The molecule has 0 saturated heterocycles. The molecule has 0 spiro atoms. The monoisotopic (exact) mass is 423 g/mol. The molecule has 156 valence electrons. The Morgan fingerprint density at radius 2 is 2.20 bits per heavy atom. The van der Waals surface area contributed by atoms with Crippen LogP contribution in [0.1, 0.15) is 23.7 Å². The number of benzene rings is 1. The second-order valence-electron chi connectivity index (χ2n) is 7.18. The Hall–Kier alpha value is -2.90. The summed E-state index contributed by atoms with van der Waals surface area (Å²) in [7, 11) is 0. The average Bonchev–Trinajstić information content (AvgIpc) is 3.23. The van der Waals surface area contributed by atoms with Crippen molar-refractivity contribution in [2.45, 2.75) is 19.1 Å². The number of carbonyl (C=O) groups excluding carboxylic acids is 1. The lowest BCUT2D eigenvalue weighted by Crippen LogP contribution is -2.39. The molecule has 1 atom stereocenters. The number of para-hydroxylation sites is 1. The van der Waals surface area contributed by atoms with E-state index in [2.05, 4.69) is 38.1 Å². The second kappa shape index (κ2) is 10.2. The molecule has 1 N–H and O–H groups in total. The van der Waals surface area contributed by atoms with Crippen molar-refractivity contribution < 1.29 is 14.3 Å². The standard InChI is InChI=1S/C23H25N3O3S/c27-23(25-10-4-11-28-20-6-3-9-24-13-20)16-26-14-18-5-1-2-7-21(18)29-22(15-26)19-8-12-30-17-19/h1-3,5-9,12-13,17,22H,4,10-11,14-16H2,(H,25,27)/t22-/m1/s1. The van der Waals surface area contributed by atoms with Gasteiger partial charge in [0.1, 0.15) is 17.6 Å². The Balaban J connectivity index is 1.28. The number of pyridine rings is 1. The van der Waals surface area contributed by atoms with E-state index >= 15 is 0 Å². The summed E-state index contributed by atoms with van der Waals surface area (Å²) in [4.78, 5) is 18.7. The Labute approximate surface area is 180 Å². The van der Waals surface area contributed by atoms with Gasteiger partial charge < -0.3 is 14.8 Å². The van der Waals surface area contributed by atoms with Gasteiger partial charge in [0, 0.05) is 37.0 Å². The summed E-state index contributed by atoms with van der Waals surface area (Å²) in [5.41, 5.74) is 2.25. The number of nitrogens with one attached hydrogen (secondary N) is 1. The summed E-state index contributed by atoms with van der Waals surface area (Å²) in [5.74, 6) is 1.65. The van der Waals surface area contributed by atoms with Gasteiger partial charge in [0.15, 0.2) is 0 Å². The SMILES string of the molecule is O=C(CN1Cc2ccccc2O[C@@H](c2ccsc2)C1)NCCCOc1cccnc1. The van der Waals surface area contributed by atoms with Gasteiger partial charge in [0.05, 0.1) is 19.3 Å². The van der Waals surface area contributed by atoms with Crippen molar-refractivity contribution in [1.29, 1.82) is 0 Å². The van der Waals surface area contributed by atoms with Crippen LogP contribution in [-0.2, 0) is 11.3 Å². The molecule has 4 rings (SSSR count). The Bertz CT molecular complexity index is 934. The molecule has 30 heavy (non-hydrogen) atoms.